The van der Waals surface area contributed by atoms with Crippen LogP contribution in [0.15, 0.2) is 42.5 Å². The number of carbonyl (C=O) groups excluding carboxylic acids is 1. The molecule has 0 saturated carbocycles. The van der Waals surface area contributed by atoms with Gasteiger partial charge in [-0.15, -0.1) is 0 Å². The van der Waals surface area contributed by atoms with E-state index < -0.39 is 0 Å². The number of methoxy groups -OCH3 is 2. The number of ether oxygens (including phenoxy) is 2. The molecule has 0 aliphatic carbocycles. The highest BCUT2D eigenvalue weighted by molar-refractivity contribution is 7.09. The third kappa shape index (κ3) is 6.57. The van der Waals surface area contributed by atoms with Gasteiger partial charge in [0.15, 0.2) is 11.5 Å². The molecule has 0 unspecified atom stereocenters. The molecule has 0 radical (unpaired) electrons. The molecule has 2 aromatic carbocycles. The summed E-state index contributed by atoms with van der Waals surface area (Å²) in [4.78, 5) is 18.7. The van der Waals surface area contributed by atoms with Crippen molar-refractivity contribution in [2.24, 2.45) is 0 Å². The van der Waals surface area contributed by atoms with Gasteiger partial charge < -0.3 is 19.7 Å². The Balaban J connectivity index is 1.46. The van der Waals surface area contributed by atoms with Crippen LogP contribution in [0.25, 0.3) is 0 Å². The largest absolute Gasteiger partial charge is 0.493 e. The zero-order valence-corrected chi connectivity index (χ0v) is 19.3. The van der Waals surface area contributed by atoms with Crippen LogP contribution in [-0.4, -0.2) is 49.6 Å². The molecule has 0 bridgehead atoms. The lowest BCUT2D eigenvalue weighted by molar-refractivity contribution is -0.119. The summed E-state index contributed by atoms with van der Waals surface area (Å²) in [6.45, 7) is 0.738. The summed E-state index contributed by atoms with van der Waals surface area (Å²) in [7, 11) is 5.04. The number of amides is 1. The number of hydrogen-bond acceptors (Lipinski definition) is 7. The van der Waals surface area contributed by atoms with Gasteiger partial charge in [-0.3, -0.25) is 4.79 Å². The molecule has 0 saturated heterocycles. The van der Waals surface area contributed by atoms with Crippen LogP contribution < -0.4 is 19.7 Å². The first-order valence-corrected chi connectivity index (χ1v) is 10.9. The fourth-order valence-corrected chi connectivity index (χ4v) is 3.75. The molecule has 3 aromatic rings. The van der Waals surface area contributed by atoms with Gasteiger partial charge in [-0.1, -0.05) is 29.8 Å². The maximum absolute atomic E-state index is 12.3. The van der Waals surface area contributed by atoms with Crippen molar-refractivity contribution < 1.29 is 14.3 Å². The van der Waals surface area contributed by atoms with Crippen LogP contribution in [0.3, 0.4) is 0 Å². The molecule has 9 heteroatoms. The van der Waals surface area contributed by atoms with Gasteiger partial charge in [0.2, 0.25) is 11.0 Å². The van der Waals surface area contributed by atoms with E-state index >= 15 is 0 Å². The molecular formula is C22H25ClN4O3S. The van der Waals surface area contributed by atoms with E-state index in [9.17, 15) is 4.79 Å². The van der Waals surface area contributed by atoms with Gasteiger partial charge in [-0.2, -0.15) is 4.37 Å². The second kappa shape index (κ2) is 11.0. The van der Waals surface area contributed by atoms with Crippen molar-refractivity contribution >= 4 is 34.2 Å². The Morgan fingerprint density at radius 2 is 1.81 bits per heavy atom. The predicted molar refractivity (Wildman–Crippen MR) is 124 cm³/mol. The Bertz CT molecular complexity index is 1010. The number of anilines is 1. The van der Waals surface area contributed by atoms with Crippen molar-refractivity contribution in [2.45, 2.75) is 12.8 Å². The fourth-order valence-electron chi connectivity index (χ4n) is 2.98. The van der Waals surface area contributed by atoms with Crippen molar-refractivity contribution in [2.75, 3.05) is 39.3 Å². The predicted octanol–water partition coefficient (Wildman–Crippen LogP) is 3.59. The van der Waals surface area contributed by atoms with Gasteiger partial charge in [-0.05, 0) is 41.8 Å². The normalized spacial score (nSPS) is 10.6. The lowest BCUT2D eigenvalue weighted by Gasteiger charge is -2.15. The van der Waals surface area contributed by atoms with E-state index in [0.717, 1.165) is 17.0 Å². The Kier molecular flexibility index (Phi) is 8.08. The number of likely N-dealkylation sites (N-methyl/N-ethyl adjacent to an activating group) is 1. The van der Waals surface area contributed by atoms with Crippen LogP contribution in [0.5, 0.6) is 11.5 Å². The summed E-state index contributed by atoms with van der Waals surface area (Å²) in [5.74, 6) is 2.02. The summed E-state index contributed by atoms with van der Waals surface area (Å²) in [5, 5.41) is 4.35. The van der Waals surface area contributed by atoms with Crippen molar-refractivity contribution in [1.29, 1.82) is 0 Å². The van der Waals surface area contributed by atoms with Crippen LogP contribution in [-0.2, 0) is 17.6 Å². The van der Waals surface area contributed by atoms with Crippen LogP contribution in [0, 0.1) is 0 Å². The number of nitrogens with one attached hydrogen (secondary N) is 1. The van der Waals surface area contributed by atoms with E-state index in [1.54, 1.807) is 19.1 Å². The molecule has 0 aliphatic rings. The van der Waals surface area contributed by atoms with Gasteiger partial charge in [0.1, 0.15) is 5.82 Å². The van der Waals surface area contributed by atoms with Gasteiger partial charge >= 0.3 is 0 Å². The molecule has 0 fully saturated rings. The molecule has 164 valence electrons. The first-order valence-electron chi connectivity index (χ1n) is 9.74. The molecule has 1 aromatic heterocycles. The molecule has 1 N–H and O–H groups in total. The molecule has 0 atom stereocenters. The van der Waals surface area contributed by atoms with E-state index in [1.165, 1.54) is 11.5 Å². The Morgan fingerprint density at radius 3 is 2.52 bits per heavy atom. The van der Waals surface area contributed by atoms with Gasteiger partial charge in [0, 0.05) is 36.6 Å². The van der Waals surface area contributed by atoms with E-state index in [2.05, 4.69) is 14.7 Å². The van der Waals surface area contributed by atoms with Crippen molar-refractivity contribution in [1.82, 2.24) is 14.7 Å². The highest BCUT2D eigenvalue weighted by Crippen LogP contribution is 2.27. The highest BCUT2D eigenvalue weighted by atomic mass is 35.5. The number of benzene rings is 2. The van der Waals surface area contributed by atoms with Crippen LogP contribution in [0.1, 0.15) is 17.0 Å². The molecule has 7 nitrogen and oxygen atoms in total. The molecule has 0 aliphatic heterocycles. The summed E-state index contributed by atoms with van der Waals surface area (Å²) < 4.78 is 15.0. The smallest absolute Gasteiger partial charge is 0.239 e. The summed E-state index contributed by atoms with van der Waals surface area (Å²) in [6.07, 6.45) is 1.32. The number of carbonyl (C=O) groups is 1. The first kappa shape index (κ1) is 22.8. The van der Waals surface area contributed by atoms with E-state index in [1.807, 2.05) is 49.5 Å². The minimum Gasteiger partial charge on any atom is -0.493 e. The number of nitrogens with zero attached hydrogens (tertiary/aromatic N) is 3. The quantitative estimate of drug-likeness (QED) is 0.498. The zero-order chi connectivity index (χ0) is 22.2. The second-order valence-corrected chi connectivity index (χ2v) is 8.11. The Hall–Kier alpha value is -2.84. The number of hydrogen-bond donors (Lipinski definition) is 1. The third-order valence-electron chi connectivity index (χ3n) is 4.62. The van der Waals surface area contributed by atoms with E-state index in [4.69, 9.17) is 21.1 Å². The highest BCUT2D eigenvalue weighted by Gasteiger charge is 2.13. The fraction of sp³-hybridized carbons (Fsp3) is 0.318. The van der Waals surface area contributed by atoms with Crippen LogP contribution >= 0.6 is 23.1 Å². The van der Waals surface area contributed by atoms with Crippen molar-refractivity contribution in [3.63, 3.8) is 0 Å². The minimum absolute atomic E-state index is 0.0718. The van der Waals surface area contributed by atoms with Crippen molar-refractivity contribution in [3.8, 4) is 11.5 Å². The molecule has 1 heterocycles. The van der Waals surface area contributed by atoms with E-state index in [-0.39, 0.29) is 12.5 Å². The number of halogens is 1. The topological polar surface area (TPSA) is 76.6 Å². The Morgan fingerprint density at radius 1 is 1.10 bits per heavy atom. The zero-order valence-electron chi connectivity index (χ0n) is 17.7. The monoisotopic (exact) mass is 460 g/mol. The summed E-state index contributed by atoms with van der Waals surface area (Å²) in [5.41, 5.74) is 2.14. The Labute approximate surface area is 191 Å². The third-order valence-corrected chi connectivity index (χ3v) is 5.74. The van der Waals surface area contributed by atoms with E-state index in [0.29, 0.717) is 41.0 Å². The maximum Gasteiger partial charge on any atom is 0.239 e. The number of aromatic nitrogens is 2. The number of rotatable bonds is 10. The maximum atomic E-state index is 12.3. The summed E-state index contributed by atoms with van der Waals surface area (Å²) in [6, 6.07) is 13.4. The summed E-state index contributed by atoms with van der Waals surface area (Å²) >= 11 is 7.20. The standard InChI is InChI=1S/C22H25ClN4O3S/c1-27(22-25-20(26-31-22)13-15-4-7-17(23)8-5-15)14-21(28)24-11-10-16-6-9-18(29-2)19(12-16)30-3/h4-9,12H,10-11,13-14H2,1-3H3,(H,24,28). The molecule has 1 amide bonds. The van der Waals surface area contributed by atoms with Gasteiger partial charge in [0.05, 0.1) is 20.8 Å². The SMILES string of the molecule is COc1ccc(CCNC(=O)CN(C)c2nc(Cc3ccc(Cl)cc3)ns2)cc1OC. The minimum atomic E-state index is -0.0718. The lowest BCUT2D eigenvalue weighted by atomic mass is 10.1. The molecule has 3 rings (SSSR count). The van der Waals surface area contributed by atoms with Crippen molar-refractivity contribution in [3.05, 3.63) is 64.4 Å². The first-order chi connectivity index (χ1) is 15.0. The van der Waals surface area contributed by atoms with Gasteiger partial charge in [-0.25, -0.2) is 4.98 Å². The molecular weight excluding hydrogens is 436 g/mol. The molecule has 31 heavy (non-hydrogen) atoms. The lowest BCUT2D eigenvalue weighted by Crippen LogP contribution is -2.36. The average Bonchev–Trinajstić information content (AvgIpc) is 3.24. The van der Waals surface area contributed by atoms with Crippen LogP contribution in [0.2, 0.25) is 5.02 Å². The average molecular weight is 461 g/mol. The van der Waals surface area contributed by atoms with Gasteiger partial charge in [0.25, 0.3) is 0 Å². The molecule has 0 spiro atoms. The second-order valence-electron chi connectivity index (χ2n) is 6.94. The van der Waals surface area contributed by atoms with Crippen LogP contribution in [0.4, 0.5) is 5.13 Å².